The Hall–Kier alpha value is -1.58. The molecule has 0 aromatic heterocycles. The van der Waals surface area contributed by atoms with Gasteiger partial charge in [0.25, 0.3) is 0 Å². The molecule has 0 aromatic rings. The molecule has 0 aromatic carbocycles. The molecule has 4 nitrogen and oxygen atoms in total. The highest BCUT2D eigenvalue weighted by Crippen LogP contribution is 1.96. The van der Waals surface area contributed by atoms with Gasteiger partial charge in [-0.2, -0.15) is 0 Å². The van der Waals surface area contributed by atoms with Crippen LogP contribution < -0.4 is 5.73 Å². The van der Waals surface area contributed by atoms with Crippen molar-refractivity contribution in [1.29, 1.82) is 0 Å². The van der Waals surface area contributed by atoms with Crippen LogP contribution in [-0.4, -0.2) is 18.5 Å². The second-order valence-corrected chi connectivity index (χ2v) is 2.09. The van der Waals surface area contributed by atoms with Crippen LogP contribution in [0.3, 0.4) is 0 Å². The SMILES string of the molecule is C=CC(=O)OCCC(=C)C(N)=O. The van der Waals surface area contributed by atoms with Crippen molar-refractivity contribution in [3.05, 3.63) is 24.8 Å². The average Bonchev–Trinajstić information content (AvgIpc) is 2.03. The Kier molecular flexibility index (Phi) is 4.45. The maximum absolute atomic E-state index is 10.5. The summed E-state index contributed by atoms with van der Waals surface area (Å²) >= 11 is 0. The molecule has 0 bridgehead atoms. The maximum Gasteiger partial charge on any atom is 0.330 e. The number of hydrogen-bond acceptors (Lipinski definition) is 3. The molecule has 0 heterocycles. The van der Waals surface area contributed by atoms with Crippen LogP contribution in [0.15, 0.2) is 24.8 Å². The molecular formula is C8H11NO3. The quantitative estimate of drug-likeness (QED) is 0.470. The third kappa shape index (κ3) is 4.27. The zero-order valence-corrected chi connectivity index (χ0v) is 6.71. The summed E-state index contributed by atoms with van der Waals surface area (Å²) in [7, 11) is 0. The lowest BCUT2D eigenvalue weighted by molar-refractivity contribution is -0.137. The Morgan fingerprint density at radius 3 is 2.50 bits per heavy atom. The fourth-order valence-electron chi connectivity index (χ4n) is 0.457. The number of ether oxygens (including phenoxy) is 1. The molecule has 0 saturated heterocycles. The first kappa shape index (κ1) is 10.4. The highest BCUT2D eigenvalue weighted by atomic mass is 16.5. The summed E-state index contributed by atoms with van der Waals surface area (Å²) < 4.78 is 4.59. The van der Waals surface area contributed by atoms with Gasteiger partial charge in [-0.15, -0.1) is 0 Å². The summed E-state index contributed by atoms with van der Waals surface area (Å²) in [6.45, 7) is 6.69. The summed E-state index contributed by atoms with van der Waals surface area (Å²) in [4.78, 5) is 20.9. The third-order valence-corrected chi connectivity index (χ3v) is 1.16. The molecule has 0 radical (unpaired) electrons. The van der Waals surface area contributed by atoms with Crippen molar-refractivity contribution in [2.24, 2.45) is 5.73 Å². The van der Waals surface area contributed by atoms with Gasteiger partial charge in [-0.3, -0.25) is 4.79 Å². The molecule has 0 aliphatic heterocycles. The smallest absolute Gasteiger partial charge is 0.330 e. The van der Waals surface area contributed by atoms with Crippen LogP contribution >= 0.6 is 0 Å². The van der Waals surface area contributed by atoms with Crippen molar-refractivity contribution in [3.8, 4) is 0 Å². The first-order valence-electron chi connectivity index (χ1n) is 3.34. The molecule has 1 amide bonds. The molecule has 0 rings (SSSR count). The van der Waals surface area contributed by atoms with Gasteiger partial charge in [0.15, 0.2) is 0 Å². The normalized spacial score (nSPS) is 8.67. The Labute approximate surface area is 70.7 Å². The lowest BCUT2D eigenvalue weighted by atomic mass is 10.2. The van der Waals surface area contributed by atoms with Crippen LogP contribution in [0.25, 0.3) is 0 Å². The molecule has 0 aliphatic rings. The Morgan fingerprint density at radius 1 is 1.50 bits per heavy atom. The molecule has 4 heteroatoms. The number of amides is 1. The summed E-state index contributed by atoms with van der Waals surface area (Å²) in [6, 6.07) is 0. The Bertz CT molecular complexity index is 220. The summed E-state index contributed by atoms with van der Waals surface area (Å²) in [5.41, 5.74) is 5.13. The van der Waals surface area contributed by atoms with E-state index in [1.54, 1.807) is 0 Å². The van der Waals surface area contributed by atoms with Crippen LogP contribution in [0, 0.1) is 0 Å². The largest absolute Gasteiger partial charge is 0.462 e. The molecule has 12 heavy (non-hydrogen) atoms. The average molecular weight is 169 g/mol. The van der Waals surface area contributed by atoms with E-state index in [4.69, 9.17) is 5.73 Å². The molecule has 2 N–H and O–H groups in total. The number of hydrogen-bond donors (Lipinski definition) is 1. The van der Waals surface area contributed by atoms with Gasteiger partial charge in [-0.05, 0) is 0 Å². The van der Waals surface area contributed by atoms with E-state index in [9.17, 15) is 9.59 Å². The van der Waals surface area contributed by atoms with E-state index in [1.165, 1.54) is 0 Å². The van der Waals surface area contributed by atoms with Crippen molar-refractivity contribution in [1.82, 2.24) is 0 Å². The number of rotatable bonds is 5. The Morgan fingerprint density at radius 2 is 2.08 bits per heavy atom. The van der Waals surface area contributed by atoms with Crippen LogP contribution in [0.5, 0.6) is 0 Å². The van der Waals surface area contributed by atoms with Gasteiger partial charge in [-0.1, -0.05) is 13.2 Å². The first-order chi connectivity index (χ1) is 5.57. The predicted molar refractivity (Wildman–Crippen MR) is 44.1 cm³/mol. The van der Waals surface area contributed by atoms with Crippen LogP contribution in [0.2, 0.25) is 0 Å². The summed E-state index contributed by atoms with van der Waals surface area (Å²) in [5, 5.41) is 0. The molecule has 0 saturated carbocycles. The number of primary amides is 1. The zero-order chi connectivity index (χ0) is 9.56. The van der Waals surface area contributed by atoms with E-state index >= 15 is 0 Å². The van der Waals surface area contributed by atoms with Crippen LogP contribution in [0.1, 0.15) is 6.42 Å². The monoisotopic (exact) mass is 169 g/mol. The van der Waals surface area contributed by atoms with Gasteiger partial charge in [-0.25, -0.2) is 4.79 Å². The topological polar surface area (TPSA) is 69.4 Å². The van der Waals surface area contributed by atoms with E-state index in [2.05, 4.69) is 17.9 Å². The van der Waals surface area contributed by atoms with Crippen molar-refractivity contribution < 1.29 is 14.3 Å². The van der Waals surface area contributed by atoms with Crippen molar-refractivity contribution in [2.45, 2.75) is 6.42 Å². The van der Waals surface area contributed by atoms with Gasteiger partial charge in [0.05, 0.1) is 6.61 Å². The van der Waals surface area contributed by atoms with E-state index in [0.717, 1.165) is 6.08 Å². The van der Waals surface area contributed by atoms with Crippen LogP contribution in [0.4, 0.5) is 0 Å². The molecule has 0 spiro atoms. The molecule has 0 atom stereocenters. The second-order valence-electron chi connectivity index (χ2n) is 2.09. The fraction of sp³-hybridized carbons (Fsp3) is 0.250. The minimum Gasteiger partial charge on any atom is -0.462 e. The van der Waals surface area contributed by atoms with Crippen molar-refractivity contribution in [3.63, 3.8) is 0 Å². The third-order valence-electron chi connectivity index (χ3n) is 1.16. The second kappa shape index (κ2) is 5.12. The molecule has 66 valence electrons. The summed E-state index contributed by atoms with van der Waals surface area (Å²) in [5.74, 6) is -1.10. The zero-order valence-electron chi connectivity index (χ0n) is 6.71. The van der Waals surface area contributed by atoms with Gasteiger partial charge in [0.1, 0.15) is 0 Å². The molecule has 0 fully saturated rings. The van der Waals surface area contributed by atoms with E-state index < -0.39 is 11.9 Å². The number of carbonyl (C=O) groups excluding carboxylic acids is 2. The van der Waals surface area contributed by atoms with Crippen molar-refractivity contribution in [2.75, 3.05) is 6.61 Å². The van der Waals surface area contributed by atoms with Crippen molar-refractivity contribution >= 4 is 11.9 Å². The minimum absolute atomic E-state index is 0.104. The number of nitrogens with two attached hydrogens (primary N) is 1. The molecule has 0 unspecified atom stereocenters. The molecular weight excluding hydrogens is 158 g/mol. The van der Waals surface area contributed by atoms with Gasteiger partial charge in [0, 0.05) is 18.1 Å². The highest BCUT2D eigenvalue weighted by Gasteiger charge is 2.02. The van der Waals surface area contributed by atoms with Crippen LogP contribution in [-0.2, 0) is 14.3 Å². The predicted octanol–water partition coefficient (Wildman–Crippen LogP) is 0.147. The van der Waals surface area contributed by atoms with Gasteiger partial charge >= 0.3 is 5.97 Å². The van der Waals surface area contributed by atoms with Gasteiger partial charge in [0.2, 0.25) is 5.91 Å². The van der Waals surface area contributed by atoms with E-state index in [0.29, 0.717) is 0 Å². The lowest BCUT2D eigenvalue weighted by Gasteiger charge is -2.01. The highest BCUT2D eigenvalue weighted by molar-refractivity contribution is 5.91. The van der Waals surface area contributed by atoms with E-state index in [1.807, 2.05) is 0 Å². The first-order valence-corrected chi connectivity index (χ1v) is 3.34. The van der Waals surface area contributed by atoms with E-state index in [-0.39, 0.29) is 18.6 Å². The Balaban J connectivity index is 3.57. The number of carbonyl (C=O) groups is 2. The standard InChI is InChI=1S/C8H11NO3/c1-3-7(10)12-5-4-6(2)8(9)11/h3H,1-2,4-5H2,(H2,9,11). The minimum atomic E-state index is -0.579. The fourth-order valence-corrected chi connectivity index (χ4v) is 0.457. The molecule has 0 aliphatic carbocycles. The van der Waals surface area contributed by atoms with Gasteiger partial charge < -0.3 is 10.5 Å². The maximum atomic E-state index is 10.5. The number of esters is 1. The lowest BCUT2D eigenvalue weighted by Crippen LogP contribution is -2.15. The summed E-state index contributed by atoms with van der Waals surface area (Å²) in [6.07, 6.45) is 1.31.